The molecule has 2 aromatic heterocycles. The summed E-state index contributed by atoms with van der Waals surface area (Å²) in [5.41, 5.74) is 2.07. The number of carbonyl (C=O) groups excluding carboxylic acids is 1. The van der Waals surface area contributed by atoms with Gasteiger partial charge in [-0.2, -0.15) is 11.8 Å². The number of fused-ring (bicyclic) bond motifs is 4. The standard InChI is InChI=1S/C21H29N5O2S/c1-23(7-8-24-6-5-22-15-24)12-17-3-4-19-18-9-16(11-26(19)21(17)28)10-25(13-18)20(27)14-29-2/h3-6,15-16,18H,7-14H2,1-2H3/t16-,18+/m0/s1. The van der Waals surface area contributed by atoms with Crippen LogP contribution in [0.5, 0.6) is 0 Å². The van der Waals surface area contributed by atoms with E-state index in [1.807, 2.05) is 45.9 Å². The van der Waals surface area contributed by atoms with E-state index in [-0.39, 0.29) is 17.4 Å². The molecule has 0 unspecified atom stereocenters. The van der Waals surface area contributed by atoms with Crippen molar-refractivity contribution in [1.29, 1.82) is 0 Å². The number of likely N-dealkylation sites (N-methyl/N-ethyl adjacent to an activating group) is 1. The van der Waals surface area contributed by atoms with Gasteiger partial charge in [-0.3, -0.25) is 9.59 Å². The van der Waals surface area contributed by atoms with Gasteiger partial charge in [-0.15, -0.1) is 0 Å². The van der Waals surface area contributed by atoms with E-state index in [0.717, 1.165) is 50.4 Å². The van der Waals surface area contributed by atoms with Crippen LogP contribution >= 0.6 is 11.8 Å². The molecule has 29 heavy (non-hydrogen) atoms. The number of hydrogen-bond acceptors (Lipinski definition) is 5. The number of nitrogens with zero attached hydrogens (tertiary/aromatic N) is 5. The summed E-state index contributed by atoms with van der Waals surface area (Å²) in [5.74, 6) is 1.41. The van der Waals surface area contributed by atoms with Gasteiger partial charge in [0.1, 0.15) is 0 Å². The number of likely N-dealkylation sites (tertiary alicyclic amines) is 1. The highest BCUT2D eigenvalue weighted by atomic mass is 32.2. The zero-order chi connectivity index (χ0) is 20.4. The highest BCUT2D eigenvalue weighted by Crippen LogP contribution is 2.35. The number of aromatic nitrogens is 3. The molecule has 2 aliphatic rings. The van der Waals surface area contributed by atoms with Gasteiger partial charge < -0.3 is 18.9 Å². The minimum absolute atomic E-state index is 0.135. The molecule has 1 amide bonds. The highest BCUT2D eigenvalue weighted by molar-refractivity contribution is 7.99. The van der Waals surface area contributed by atoms with Gasteiger partial charge in [-0.25, -0.2) is 4.98 Å². The minimum atomic E-state index is 0.135. The smallest absolute Gasteiger partial charge is 0.255 e. The minimum Gasteiger partial charge on any atom is -0.341 e. The van der Waals surface area contributed by atoms with Gasteiger partial charge in [0.25, 0.3) is 5.56 Å². The summed E-state index contributed by atoms with van der Waals surface area (Å²) < 4.78 is 4.02. The average molecular weight is 416 g/mol. The largest absolute Gasteiger partial charge is 0.341 e. The fraction of sp³-hybridized carbons (Fsp3) is 0.571. The normalized spacial score (nSPS) is 20.7. The van der Waals surface area contributed by atoms with Gasteiger partial charge in [0.05, 0.1) is 12.1 Å². The van der Waals surface area contributed by atoms with E-state index in [9.17, 15) is 9.59 Å². The Bertz CT molecular complexity index is 910. The van der Waals surface area contributed by atoms with E-state index in [1.165, 1.54) is 0 Å². The van der Waals surface area contributed by atoms with E-state index in [4.69, 9.17) is 0 Å². The first-order valence-corrected chi connectivity index (χ1v) is 11.6. The second kappa shape index (κ2) is 8.75. The average Bonchev–Trinajstić information content (AvgIpc) is 3.23. The van der Waals surface area contributed by atoms with E-state index >= 15 is 0 Å². The van der Waals surface area contributed by atoms with Crippen LogP contribution in [-0.2, 0) is 24.4 Å². The molecule has 0 aromatic carbocycles. The van der Waals surface area contributed by atoms with Crippen molar-refractivity contribution in [3.63, 3.8) is 0 Å². The quantitative estimate of drug-likeness (QED) is 0.686. The summed E-state index contributed by atoms with van der Waals surface area (Å²) in [6, 6.07) is 4.11. The topological polar surface area (TPSA) is 63.4 Å². The van der Waals surface area contributed by atoms with Crippen LogP contribution in [0.3, 0.4) is 0 Å². The monoisotopic (exact) mass is 415 g/mol. The maximum Gasteiger partial charge on any atom is 0.255 e. The second-order valence-corrected chi connectivity index (χ2v) is 9.13. The fourth-order valence-electron chi connectivity index (χ4n) is 4.60. The van der Waals surface area contributed by atoms with Crippen LogP contribution in [0.4, 0.5) is 0 Å². The second-order valence-electron chi connectivity index (χ2n) is 8.27. The SMILES string of the molecule is CSCC(=O)N1C[C@@H]2C[C@H](C1)c1ccc(CN(C)CCn3ccnc3)c(=O)n1C2. The maximum atomic E-state index is 13.2. The molecule has 1 saturated heterocycles. The van der Waals surface area contributed by atoms with Crippen molar-refractivity contribution in [2.45, 2.75) is 32.0 Å². The lowest BCUT2D eigenvalue weighted by Crippen LogP contribution is -2.50. The lowest BCUT2D eigenvalue weighted by atomic mass is 9.83. The lowest BCUT2D eigenvalue weighted by Gasteiger charge is -2.43. The van der Waals surface area contributed by atoms with Crippen molar-refractivity contribution >= 4 is 17.7 Å². The summed E-state index contributed by atoms with van der Waals surface area (Å²) in [7, 11) is 2.05. The molecule has 2 aromatic rings. The van der Waals surface area contributed by atoms with Crippen LogP contribution in [-0.4, -0.2) is 68.5 Å². The molecule has 0 radical (unpaired) electrons. The molecule has 0 spiro atoms. The number of rotatable bonds is 7. The molecular formula is C21H29N5O2S. The Balaban J connectivity index is 1.46. The number of amides is 1. The van der Waals surface area contributed by atoms with E-state index in [0.29, 0.717) is 18.2 Å². The Morgan fingerprint density at radius 3 is 2.93 bits per heavy atom. The molecule has 2 atom stereocenters. The van der Waals surface area contributed by atoms with Crippen LogP contribution in [0.2, 0.25) is 0 Å². The number of pyridine rings is 1. The summed E-state index contributed by atoms with van der Waals surface area (Å²) in [6.07, 6.45) is 8.59. The third-order valence-electron chi connectivity index (χ3n) is 6.04. The first-order chi connectivity index (χ1) is 14.0. The van der Waals surface area contributed by atoms with Crippen LogP contribution in [0.1, 0.15) is 23.6 Å². The molecule has 0 aliphatic carbocycles. The third kappa shape index (κ3) is 4.43. The lowest BCUT2D eigenvalue weighted by molar-refractivity contribution is -0.131. The number of hydrogen-bond donors (Lipinski definition) is 0. The Labute approximate surface area is 175 Å². The molecule has 2 bridgehead atoms. The first-order valence-electron chi connectivity index (χ1n) is 10.2. The van der Waals surface area contributed by atoms with Crippen LogP contribution in [0.25, 0.3) is 0 Å². The fourth-order valence-corrected chi connectivity index (χ4v) is 5.03. The number of imidazole rings is 1. The van der Waals surface area contributed by atoms with Crippen molar-refractivity contribution in [2.75, 3.05) is 38.7 Å². The molecule has 7 nitrogen and oxygen atoms in total. The van der Waals surface area contributed by atoms with Crippen molar-refractivity contribution < 1.29 is 4.79 Å². The van der Waals surface area contributed by atoms with Gasteiger partial charge in [0.2, 0.25) is 5.91 Å². The number of thioether (sulfide) groups is 1. The van der Waals surface area contributed by atoms with Crippen molar-refractivity contribution in [2.24, 2.45) is 5.92 Å². The Hall–Kier alpha value is -2.06. The summed E-state index contributed by atoms with van der Waals surface area (Å²) in [4.78, 5) is 33.8. The number of piperidine rings is 1. The van der Waals surface area contributed by atoms with E-state index in [2.05, 4.69) is 16.0 Å². The van der Waals surface area contributed by atoms with Gasteiger partial charge in [-0.05, 0) is 31.7 Å². The predicted molar refractivity (Wildman–Crippen MR) is 115 cm³/mol. The predicted octanol–water partition coefficient (Wildman–Crippen LogP) is 1.49. The Morgan fingerprint density at radius 1 is 1.31 bits per heavy atom. The molecular weight excluding hydrogens is 386 g/mol. The molecule has 4 rings (SSSR count). The first kappa shape index (κ1) is 20.2. The molecule has 8 heteroatoms. The zero-order valence-corrected chi connectivity index (χ0v) is 18.0. The zero-order valence-electron chi connectivity index (χ0n) is 17.2. The van der Waals surface area contributed by atoms with Gasteiger partial charge in [0, 0.05) is 68.8 Å². The molecule has 156 valence electrons. The van der Waals surface area contributed by atoms with E-state index in [1.54, 1.807) is 18.0 Å². The number of carbonyl (C=O) groups is 1. The Kier molecular flexibility index (Phi) is 6.10. The van der Waals surface area contributed by atoms with Gasteiger partial charge >= 0.3 is 0 Å². The Morgan fingerprint density at radius 2 is 2.17 bits per heavy atom. The van der Waals surface area contributed by atoms with E-state index < -0.39 is 0 Å². The molecule has 2 aliphatic heterocycles. The van der Waals surface area contributed by atoms with Crippen molar-refractivity contribution in [3.05, 3.63) is 52.5 Å². The molecule has 4 heterocycles. The maximum absolute atomic E-state index is 13.2. The van der Waals surface area contributed by atoms with Gasteiger partial charge in [0.15, 0.2) is 0 Å². The molecule has 0 N–H and O–H groups in total. The third-order valence-corrected chi connectivity index (χ3v) is 6.58. The van der Waals surface area contributed by atoms with Crippen LogP contribution < -0.4 is 5.56 Å². The summed E-state index contributed by atoms with van der Waals surface area (Å²) in [6.45, 7) is 4.58. The summed E-state index contributed by atoms with van der Waals surface area (Å²) >= 11 is 1.57. The van der Waals surface area contributed by atoms with Crippen LogP contribution in [0, 0.1) is 5.92 Å². The van der Waals surface area contributed by atoms with Gasteiger partial charge in [-0.1, -0.05) is 6.07 Å². The van der Waals surface area contributed by atoms with Crippen molar-refractivity contribution in [1.82, 2.24) is 23.9 Å². The molecule has 0 saturated carbocycles. The summed E-state index contributed by atoms with van der Waals surface area (Å²) in [5, 5.41) is 0. The molecule has 1 fully saturated rings. The van der Waals surface area contributed by atoms with Crippen molar-refractivity contribution in [3.8, 4) is 0 Å². The highest BCUT2D eigenvalue weighted by Gasteiger charge is 2.36. The van der Waals surface area contributed by atoms with Crippen LogP contribution in [0.15, 0.2) is 35.6 Å².